The minimum Gasteiger partial charge on any atom is -0.364 e. The van der Waals surface area contributed by atoms with E-state index in [-0.39, 0.29) is 5.69 Å². The zero-order chi connectivity index (χ0) is 19.8. The lowest BCUT2D eigenvalue weighted by Gasteiger charge is -2.26. The molecule has 4 nitrogen and oxygen atoms in total. The number of aromatic nitrogens is 2. The molecule has 1 aliphatic rings. The van der Waals surface area contributed by atoms with E-state index in [1.54, 1.807) is 6.92 Å². The second-order valence-electron chi connectivity index (χ2n) is 7.40. The number of aryl methyl sites for hydroxylation is 2. The average molecular weight is 392 g/mol. The first-order chi connectivity index (χ1) is 13.4. The van der Waals surface area contributed by atoms with Crippen molar-refractivity contribution in [3.63, 3.8) is 0 Å². The number of hydrogen-bond donors (Lipinski definition) is 1. The van der Waals surface area contributed by atoms with Gasteiger partial charge in [-0.3, -0.25) is 9.78 Å². The van der Waals surface area contributed by atoms with Crippen LogP contribution in [0.3, 0.4) is 0 Å². The molecule has 0 aliphatic heterocycles. The molecule has 2 aromatic carbocycles. The number of carbonyl (C=O) groups is 1. The predicted molar refractivity (Wildman–Crippen MR) is 112 cm³/mol. The lowest BCUT2D eigenvalue weighted by molar-refractivity contribution is 0.0994. The monoisotopic (exact) mass is 391 g/mol. The van der Waals surface area contributed by atoms with Gasteiger partial charge >= 0.3 is 0 Å². The fraction of sp³-hybridized carbons (Fsp3) is 0.261. The van der Waals surface area contributed by atoms with Crippen molar-refractivity contribution in [3.8, 4) is 22.4 Å². The van der Waals surface area contributed by atoms with Crippen LogP contribution in [0.2, 0.25) is 5.02 Å². The summed E-state index contributed by atoms with van der Waals surface area (Å²) >= 11 is 6.57. The summed E-state index contributed by atoms with van der Waals surface area (Å²) in [4.78, 5) is 20.5. The molecular weight excluding hydrogens is 370 g/mol. The maximum Gasteiger partial charge on any atom is 0.269 e. The van der Waals surface area contributed by atoms with Crippen molar-refractivity contribution in [2.45, 2.75) is 39.0 Å². The lowest BCUT2D eigenvalue weighted by atomic mass is 9.80. The first kappa shape index (κ1) is 18.6. The fourth-order valence-electron chi connectivity index (χ4n) is 3.71. The SMILES string of the molecule is Cc1nc(C)c(-c2ccc(-c3ccc(C4CCC4)cc3Cl)cc2)nc1C(N)=O. The van der Waals surface area contributed by atoms with Crippen LogP contribution < -0.4 is 5.73 Å². The molecule has 142 valence electrons. The molecule has 1 aliphatic carbocycles. The van der Waals surface area contributed by atoms with Gasteiger partial charge in [-0.05, 0) is 49.8 Å². The van der Waals surface area contributed by atoms with Gasteiger partial charge in [-0.1, -0.05) is 54.4 Å². The van der Waals surface area contributed by atoms with E-state index < -0.39 is 5.91 Å². The van der Waals surface area contributed by atoms with E-state index >= 15 is 0 Å². The minimum atomic E-state index is -0.568. The zero-order valence-electron chi connectivity index (χ0n) is 16.0. The Morgan fingerprint density at radius 2 is 1.68 bits per heavy atom. The summed E-state index contributed by atoms with van der Waals surface area (Å²) in [7, 11) is 0. The average Bonchev–Trinajstić information content (AvgIpc) is 2.60. The Morgan fingerprint density at radius 1 is 1.00 bits per heavy atom. The molecule has 0 saturated heterocycles. The van der Waals surface area contributed by atoms with Crippen LogP contribution in [0.25, 0.3) is 22.4 Å². The highest BCUT2D eigenvalue weighted by molar-refractivity contribution is 6.33. The predicted octanol–water partition coefficient (Wildman–Crippen LogP) is 5.45. The number of rotatable bonds is 4. The zero-order valence-corrected chi connectivity index (χ0v) is 16.8. The Kier molecular flexibility index (Phi) is 4.90. The van der Waals surface area contributed by atoms with Crippen LogP contribution >= 0.6 is 11.6 Å². The first-order valence-electron chi connectivity index (χ1n) is 9.49. The van der Waals surface area contributed by atoms with E-state index in [2.05, 4.69) is 28.2 Å². The molecule has 1 amide bonds. The summed E-state index contributed by atoms with van der Waals surface area (Å²) in [6.45, 7) is 3.62. The normalized spacial score (nSPS) is 14.0. The standard InChI is InChI=1S/C23H22ClN3O/c1-13-21(27-22(23(25)28)14(2)26-13)17-8-6-16(7-9-17)19-11-10-18(12-20(19)24)15-4-3-5-15/h6-12,15H,3-5H2,1-2H3,(H2,25,28). The number of nitrogens with two attached hydrogens (primary N) is 1. The molecule has 2 N–H and O–H groups in total. The molecule has 0 bridgehead atoms. The van der Waals surface area contributed by atoms with Gasteiger partial charge in [0, 0.05) is 16.1 Å². The third kappa shape index (κ3) is 3.40. The number of benzene rings is 2. The molecule has 0 atom stereocenters. The number of hydrogen-bond acceptors (Lipinski definition) is 3. The van der Waals surface area contributed by atoms with Crippen molar-refractivity contribution in [3.05, 3.63) is 70.1 Å². The number of amides is 1. The van der Waals surface area contributed by atoms with Crippen LogP contribution in [0.4, 0.5) is 0 Å². The number of primary amides is 1. The van der Waals surface area contributed by atoms with Crippen LogP contribution in [0, 0.1) is 13.8 Å². The van der Waals surface area contributed by atoms with Gasteiger partial charge in [0.05, 0.1) is 17.1 Å². The minimum absolute atomic E-state index is 0.208. The molecule has 4 rings (SSSR count). The smallest absolute Gasteiger partial charge is 0.269 e. The Balaban J connectivity index is 1.66. The van der Waals surface area contributed by atoms with Gasteiger partial charge in [0.1, 0.15) is 5.69 Å². The van der Waals surface area contributed by atoms with Gasteiger partial charge < -0.3 is 5.73 Å². The van der Waals surface area contributed by atoms with E-state index in [0.717, 1.165) is 27.4 Å². The van der Waals surface area contributed by atoms with Gasteiger partial charge in [0.25, 0.3) is 5.91 Å². The summed E-state index contributed by atoms with van der Waals surface area (Å²) in [5.41, 5.74) is 11.9. The Labute approximate surface area is 169 Å². The van der Waals surface area contributed by atoms with E-state index in [0.29, 0.717) is 17.3 Å². The van der Waals surface area contributed by atoms with Crippen molar-refractivity contribution in [1.29, 1.82) is 0 Å². The summed E-state index contributed by atoms with van der Waals surface area (Å²) < 4.78 is 0. The highest BCUT2D eigenvalue weighted by atomic mass is 35.5. The van der Waals surface area contributed by atoms with Gasteiger partial charge in [0.15, 0.2) is 0 Å². The summed E-state index contributed by atoms with van der Waals surface area (Å²) in [6.07, 6.45) is 3.83. The number of nitrogens with zero attached hydrogens (tertiary/aromatic N) is 2. The highest BCUT2D eigenvalue weighted by Gasteiger charge is 2.20. The largest absolute Gasteiger partial charge is 0.364 e. The second-order valence-corrected chi connectivity index (χ2v) is 7.81. The van der Waals surface area contributed by atoms with Crippen LogP contribution in [-0.2, 0) is 0 Å². The first-order valence-corrected chi connectivity index (χ1v) is 9.87. The molecule has 1 heterocycles. The topological polar surface area (TPSA) is 68.9 Å². The summed E-state index contributed by atoms with van der Waals surface area (Å²) in [5, 5.41) is 0.777. The van der Waals surface area contributed by atoms with Crippen LogP contribution in [-0.4, -0.2) is 15.9 Å². The van der Waals surface area contributed by atoms with Crippen molar-refractivity contribution in [1.82, 2.24) is 9.97 Å². The lowest BCUT2D eigenvalue weighted by Crippen LogP contribution is -2.17. The highest BCUT2D eigenvalue weighted by Crippen LogP contribution is 2.39. The Bertz CT molecular complexity index is 1060. The molecule has 1 aromatic heterocycles. The van der Waals surface area contributed by atoms with Crippen LogP contribution in [0.1, 0.15) is 52.6 Å². The quantitative estimate of drug-likeness (QED) is 0.643. The molecule has 0 spiro atoms. The van der Waals surface area contributed by atoms with E-state index in [1.807, 2.05) is 31.2 Å². The third-order valence-electron chi connectivity index (χ3n) is 5.52. The number of carbonyl (C=O) groups excluding carboxylic acids is 1. The van der Waals surface area contributed by atoms with E-state index in [1.165, 1.54) is 24.8 Å². The Morgan fingerprint density at radius 3 is 2.25 bits per heavy atom. The molecule has 1 saturated carbocycles. The number of halogens is 1. The van der Waals surface area contributed by atoms with Crippen molar-refractivity contribution < 1.29 is 4.79 Å². The summed E-state index contributed by atoms with van der Waals surface area (Å²) in [6, 6.07) is 14.4. The third-order valence-corrected chi connectivity index (χ3v) is 5.83. The second kappa shape index (κ2) is 7.36. The van der Waals surface area contributed by atoms with Gasteiger partial charge in [-0.25, -0.2) is 4.98 Å². The van der Waals surface area contributed by atoms with Crippen molar-refractivity contribution in [2.24, 2.45) is 5.73 Å². The van der Waals surface area contributed by atoms with E-state index in [4.69, 9.17) is 17.3 Å². The van der Waals surface area contributed by atoms with Crippen LogP contribution in [0.15, 0.2) is 42.5 Å². The molecular formula is C23H22ClN3O. The van der Waals surface area contributed by atoms with Crippen molar-refractivity contribution >= 4 is 17.5 Å². The van der Waals surface area contributed by atoms with Gasteiger partial charge in [-0.15, -0.1) is 0 Å². The molecule has 5 heteroatoms. The summed E-state index contributed by atoms with van der Waals surface area (Å²) in [5.74, 6) is 0.0951. The molecule has 1 fully saturated rings. The fourth-order valence-corrected chi connectivity index (χ4v) is 4.00. The maximum atomic E-state index is 11.6. The van der Waals surface area contributed by atoms with Gasteiger partial charge in [-0.2, -0.15) is 0 Å². The molecule has 28 heavy (non-hydrogen) atoms. The molecule has 0 radical (unpaired) electrons. The Hall–Kier alpha value is -2.72. The molecule has 3 aromatic rings. The van der Waals surface area contributed by atoms with E-state index in [9.17, 15) is 4.79 Å². The maximum absolute atomic E-state index is 11.6. The van der Waals surface area contributed by atoms with Crippen molar-refractivity contribution in [2.75, 3.05) is 0 Å². The van der Waals surface area contributed by atoms with Crippen LogP contribution in [0.5, 0.6) is 0 Å². The van der Waals surface area contributed by atoms with Gasteiger partial charge in [0.2, 0.25) is 0 Å². The molecule has 0 unspecified atom stereocenters.